The number of primary amides is 3. The lowest BCUT2D eigenvalue weighted by molar-refractivity contribution is -0.124. The fourth-order valence-electron chi connectivity index (χ4n) is 0.829. The van der Waals surface area contributed by atoms with E-state index in [0.29, 0.717) is 0 Å². The molecule has 0 fully saturated rings. The van der Waals surface area contributed by atoms with Crippen LogP contribution in [-0.4, -0.2) is 42.3 Å². The fraction of sp³-hybridized carbons (Fsp3) is 0.500. The molecule has 0 spiro atoms. The summed E-state index contributed by atoms with van der Waals surface area (Å²) >= 11 is 0. The molecule has 7 nitrogen and oxygen atoms in total. The van der Waals surface area contributed by atoms with E-state index in [1.165, 1.54) is 4.90 Å². The van der Waals surface area contributed by atoms with Gasteiger partial charge in [-0.2, -0.15) is 0 Å². The van der Waals surface area contributed by atoms with Crippen molar-refractivity contribution < 1.29 is 14.4 Å². The monoisotopic (exact) mass is 224 g/mol. The van der Waals surface area contributed by atoms with Crippen molar-refractivity contribution in [1.82, 2.24) is 4.90 Å². The molecule has 3 amide bonds. The highest BCUT2D eigenvalue weighted by Gasteiger charge is 2.12. The van der Waals surface area contributed by atoms with Gasteiger partial charge in [0.25, 0.3) is 0 Å². The highest BCUT2D eigenvalue weighted by molar-refractivity contribution is 5.85. The van der Waals surface area contributed by atoms with E-state index in [9.17, 15) is 14.4 Å². The molecule has 6 N–H and O–H groups in total. The predicted molar refractivity (Wildman–Crippen MR) is 51.3 cm³/mol. The van der Waals surface area contributed by atoms with E-state index in [2.05, 4.69) is 0 Å². The zero-order valence-electron chi connectivity index (χ0n) is 7.43. The summed E-state index contributed by atoms with van der Waals surface area (Å²) < 4.78 is 0. The van der Waals surface area contributed by atoms with Crippen LogP contribution in [-0.2, 0) is 14.4 Å². The lowest BCUT2D eigenvalue weighted by Gasteiger charge is -2.16. The molecule has 0 aliphatic rings. The Morgan fingerprint density at radius 3 is 1.14 bits per heavy atom. The normalized spacial score (nSPS) is 9.21. The first kappa shape index (κ1) is 15.1. The third-order valence-electron chi connectivity index (χ3n) is 1.14. The maximum absolute atomic E-state index is 10.4. The van der Waals surface area contributed by atoms with E-state index >= 15 is 0 Å². The maximum Gasteiger partial charge on any atom is 0.231 e. The molecule has 0 aromatic heterocycles. The molecule has 0 heterocycles. The van der Waals surface area contributed by atoms with Crippen molar-refractivity contribution >= 4 is 30.1 Å². The van der Waals surface area contributed by atoms with Crippen LogP contribution in [0.4, 0.5) is 0 Å². The smallest absolute Gasteiger partial charge is 0.231 e. The number of carbonyl (C=O) groups is 3. The van der Waals surface area contributed by atoms with Gasteiger partial charge in [0.1, 0.15) is 0 Å². The lowest BCUT2D eigenvalue weighted by Crippen LogP contribution is -2.43. The van der Waals surface area contributed by atoms with Gasteiger partial charge in [-0.15, -0.1) is 12.4 Å². The van der Waals surface area contributed by atoms with Crippen molar-refractivity contribution in [2.75, 3.05) is 19.6 Å². The van der Waals surface area contributed by atoms with Gasteiger partial charge in [0, 0.05) is 0 Å². The van der Waals surface area contributed by atoms with E-state index < -0.39 is 17.7 Å². The van der Waals surface area contributed by atoms with E-state index in [0.717, 1.165) is 0 Å². The van der Waals surface area contributed by atoms with Gasteiger partial charge in [0.05, 0.1) is 19.6 Å². The van der Waals surface area contributed by atoms with Gasteiger partial charge in [-0.1, -0.05) is 0 Å². The molecule has 0 unspecified atom stereocenters. The van der Waals surface area contributed by atoms with Crippen molar-refractivity contribution in [3.8, 4) is 0 Å². The SMILES string of the molecule is Cl.NC(=O)CN(CC(N)=O)CC(N)=O. The number of nitrogens with two attached hydrogens (primary N) is 3. The molecule has 0 aliphatic heterocycles. The van der Waals surface area contributed by atoms with Crippen LogP contribution < -0.4 is 17.2 Å². The number of amides is 3. The first-order chi connectivity index (χ1) is 5.91. The largest absolute Gasteiger partial charge is 0.369 e. The summed E-state index contributed by atoms with van der Waals surface area (Å²) in [6, 6.07) is 0. The van der Waals surface area contributed by atoms with Gasteiger partial charge in [-0.25, -0.2) is 0 Å². The Morgan fingerprint density at radius 2 is 1.00 bits per heavy atom. The molecule has 0 aliphatic carbocycles. The fourth-order valence-corrected chi connectivity index (χ4v) is 0.829. The van der Waals surface area contributed by atoms with Crippen molar-refractivity contribution in [2.24, 2.45) is 17.2 Å². The van der Waals surface area contributed by atoms with Gasteiger partial charge in [-0.3, -0.25) is 19.3 Å². The molecular formula is C6H13ClN4O3. The lowest BCUT2D eigenvalue weighted by atomic mass is 10.4. The van der Waals surface area contributed by atoms with Crippen LogP contribution >= 0.6 is 12.4 Å². The highest BCUT2D eigenvalue weighted by atomic mass is 35.5. The van der Waals surface area contributed by atoms with E-state index in [1.54, 1.807) is 0 Å². The van der Waals surface area contributed by atoms with Crippen LogP contribution in [0.5, 0.6) is 0 Å². The summed E-state index contributed by atoms with van der Waals surface area (Å²) in [6.07, 6.45) is 0. The molecule has 14 heavy (non-hydrogen) atoms. The van der Waals surface area contributed by atoms with Gasteiger partial charge in [0.2, 0.25) is 17.7 Å². The summed E-state index contributed by atoms with van der Waals surface area (Å²) in [6.45, 7) is -0.649. The summed E-state index contributed by atoms with van der Waals surface area (Å²) in [5, 5.41) is 0. The van der Waals surface area contributed by atoms with E-state index in [1.807, 2.05) is 0 Å². The molecule has 0 rings (SSSR count). The van der Waals surface area contributed by atoms with Crippen molar-refractivity contribution in [3.63, 3.8) is 0 Å². The second kappa shape index (κ2) is 7.10. The number of hydrogen-bond donors (Lipinski definition) is 3. The number of hydrogen-bond acceptors (Lipinski definition) is 4. The van der Waals surface area contributed by atoms with Crippen LogP contribution in [0.3, 0.4) is 0 Å². The molecule has 0 aromatic carbocycles. The van der Waals surface area contributed by atoms with Gasteiger partial charge in [0.15, 0.2) is 0 Å². The third kappa shape index (κ3) is 8.75. The van der Waals surface area contributed by atoms with Crippen LogP contribution in [0.1, 0.15) is 0 Å². The molecule has 0 bridgehead atoms. The minimum atomic E-state index is -0.650. The molecule has 82 valence electrons. The van der Waals surface area contributed by atoms with Gasteiger partial charge in [-0.05, 0) is 0 Å². The zero-order valence-corrected chi connectivity index (χ0v) is 8.25. The number of carbonyl (C=O) groups excluding carboxylic acids is 3. The van der Waals surface area contributed by atoms with Gasteiger partial charge < -0.3 is 17.2 Å². The van der Waals surface area contributed by atoms with Crippen LogP contribution in [0, 0.1) is 0 Å². The average Bonchev–Trinajstić information content (AvgIpc) is 1.80. The molecule has 0 saturated carbocycles. The van der Waals surface area contributed by atoms with E-state index in [4.69, 9.17) is 17.2 Å². The van der Waals surface area contributed by atoms with Crippen LogP contribution in [0.15, 0.2) is 0 Å². The summed E-state index contributed by atoms with van der Waals surface area (Å²) in [5.41, 5.74) is 14.6. The zero-order chi connectivity index (χ0) is 10.4. The Kier molecular flexibility index (Phi) is 7.68. The Morgan fingerprint density at radius 1 is 0.786 bits per heavy atom. The Hall–Kier alpha value is -1.34. The number of nitrogens with zero attached hydrogens (tertiary/aromatic N) is 1. The Bertz CT molecular complexity index is 195. The number of rotatable bonds is 6. The maximum atomic E-state index is 10.4. The van der Waals surface area contributed by atoms with Crippen LogP contribution in [0.25, 0.3) is 0 Å². The molecular weight excluding hydrogens is 212 g/mol. The summed E-state index contributed by atoms with van der Waals surface area (Å²) in [7, 11) is 0. The molecule has 0 saturated heterocycles. The Balaban J connectivity index is 0. The predicted octanol–water partition coefficient (Wildman–Crippen LogP) is -2.83. The summed E-state index contributed by atoms with van der Waals surface area (Å²) in [5.74, 6) is -1.95. The molecule has 0 aromatic rings. The standard InChI is InChI=1S/C6H12N4O3.ClH/c7-4(11)1-10(2-5(8)12)3-6(9)13;/h1-3H2,(H2,7,11)(H2,8,12)(H2,9,13);1H. The minimum absolute atomic E-state index is 0. The van der Waals surface area contributed by atoms with Crippen molar-refractivity contribution in [1.29, 1.82) is 0 Å². The Labute approximate surface area is 87.0 Å². The van der Waals surface area contributed by atoms with Crippen molar-refractivity contribution in [2.45, 2.75) is 0 Å². The second-order valence-electron chi connectivity index (χ2n) is 2.54. The summed E-state index contributed by atoms with van der Waals surface area (Å²) in [4.78, 5) is 32.5. The quantitative estimate of drug-likeness (QED) is 0.448. The van der Waals surface area contributed by atoms with Crippen molar-refractivity contribution in [3.05, 3.63) is 0 Å². The van der Waals surface area contributed by atoms with Crippen LogP contribution in [0.2, 0.25) is 0 Å². The average molecular weight is 225 g/mol. The van der Waals surface area contributed by atoms with Gasteiger partial charge >= 0.3 is 0 Å². The molecule has 0 radical (unpaired) electrons. The van der Waals surface area contributed by atoms with E-state index in [-0.39, 0.29) is 32.0 Å². The topological polar surface area (TPSA) is 133 Å². The first-order valence-corrected chi connectivity index (χ1v) is 3.49. The number of halogens is 1. The second-order valence-corrected chi connectivity index (χ2v) is 2.54. The molecule has 8 heteroatoms. The third-order valence-corrected chi connectivity index (χ3v) is 1.14. The first-order valence-electron chi connectivity index (χ1n) is 3.49. The molecule has 0 atom stereocenters. The minimum Gasteiger partial charge on any atom is -0.369 e. The highest BCUT2D eigenvalue weighted by Crippen LogP contribution is 1.85.